The van der Waals surface area contributed by atoms with Crippen molar-refractivity contribution in [3.63, 3.8) is 0 Å². The molecule has 0 aromatic heterocycles. The van der Waals surface area contributed by atoms with Gasteiger partial charge in [-0.05, 0) is 48.9 Å². The largest absolute Gasteiger partial charge is 0.482 e. The second-order valence-electron chi connectivity index (χ2n) is 4.76. The van der Waals surface area contributed by atoms with Crippen molar-refractivity contribution >= 4 is 50.9 Å². The molecule has 2 aromatic rings. The molecule has 0 aliphatic heterocycles. The molecule has 0 fully saturated rings. The van der Waals surface area contributed by atoms with Crippen LogP contribution < -0.4 is 10.5 Å². The third kappa shape index (κ3) is 5.12. The Bertz CT molecular complexity index is 797. The Morgan fingerprint density at radius 2 is 2.00 bits per heavy atom. The van der Waals surface area contributed by atoms with E-state index < -0.39 is 5.97 Å². The van der Waals surface area contributed by atoms with E-state index in [2.05, 4.69) is 21.1 Å². The van der Waals surface area contributed by atoms with Gasteiger partial charge in [0.1, 0.15) is 5.75 Å². The van der Waals surface area contributed by atoms with Gasteiger partial charge in [0.15, 0.2) is 12.4 Å². The van der Waals surface area contributed by atoms with Crippen LogP contribution in [-0.2, 0) is 9.63 Å². The minimum atomic E-state index is -0.691. The topological polar surface area (TPSA) is 73.9 Å². The number of ether oxygens (including phenoxy) is 1. The number of aryl methyl sites for hydroxylation is 1. The number of nitrogens with zero attached hydrogens (tertiary/aromatic N) is 1. The fraction of sp³-hybridized carbons (Fsp3) is 0.125. The van der Waals surface area contributed by atoms with Gasteiger partial charge in [-0.1, -0.05) is 44.3 Å². The summed E-state index contributed by atoms with van der Waals surface area (Å²) in [7, 11) is 0. The predicted octanol–water partition coefficient (Wildman–Crippen LogP) is 4.31. The number of halogens is 3. The number of hydrogen-bond acceptors (Lipinski definition) is 4. The van der Waals surface area contributed by atoms with Gasteiger partial charge in [0, 0.05) is 15.1 Å². The normalized spacial score (nSPS) is 11.2. The Kier molecular flexibility index (Phi) is 6.48. The molecule has 2 rings (SSSR count). The lowest BCUT2D eigenvalue weighted by atomic mass is 10.2. The standard InChI is InChI=1S/C16H13BrCl2N2O3/c1-9-6-11(3-5-13(9)17)23-8-15(22)24-21-16(20)12-4-2-10(18)7-14(12)19/h2-7H,8H2,1H3,(H2,20,21). The third-order valence-corrected chi connectivity index (χ3v) is 4.38. The molecule has 8 heteroatoms. The van der Waals surface area contributed by atoms with Crippen LogP contribution in [0.25, 0.3) is 0 Å². The van der Waals surface area contributed by atoms with Crippen molar-refractivity contribution in [2.75, 3.05) is 6.61 Å². The van der Waals surface area contributed by atoms with Crippen molar-refractivity contribution in [2.45, 2.75) is 6.92 Å². The van der Waals surface area contributed by atoms with Gasteiger partial charge >= 0.3 is 5.97 Å². The second-order valence-corrected chi connectivity index (χ2v) is 6.46. The van der Waals surface area contributed by atoms with Crippen LogP contribution in [0.3, 0.4) is 0 Å². The third-order valence-electron chi connectivity index (χ3n) is 2.94. The van der Waals surface area contributed by atoms with Gasteiger partial charge in [0.05, 0.1) is 5.02 Å². The summed E-state index contributed by atoms with van der Waals surface area (Å²) in [6.07, 6.45) is 0. The molecule has 0 bridgehead atoms. The minimum Gasteiger partial charge on any atom is -0.482 e. The first-order valence-electron chi connectivity index (χ1n) is 6.74. The van der Waals surface area contributed by atoms with Crippen molar-refractivity contribution in [3.8, 4) is 5.75 Å². The molecule has 126 valence electrons. The smallest absolute Gasteiger partial charge is 0.372 e. The molecule has 24 heavy (non-hydrogen) atoms. The Balaban J connectivity index is 1.93. The highest BCUT2D eigenvalue weighted by Crippen LogP contribution is 2.22. The lowest BCUT2D eigenvalue weighted by Crippen LogP contribution is -2.18. The zero-order valence-electron chi connectivity index (χ0n) is 12.6. The molecule has 5 nitrogen and oxygen atoms in total. The summed E-state index contributed by atoms with van der Waals surface area (Å²) in [6, 6.07) is 10.1. The molecule has 2 aromatic carbocycles. The average molecular weight is 432 g/mol. The zero-order valence-corrected chi connectivity index (χ0v) is 15.7. The highest BCUT2D eigenvalue weighted by Gasteiger charge is 2.09. The maximum absolute atomic E-state index is 11.7. The summed E-state index contributed by atoms with van der Waals surface area (Å²) < 4.78 is 6.29. The Labute approximate surface area is 157 Å². The molecule has 0 radical (unpaired) electrons. The van der Waals surface area contributed by atoms with E-state index in [0.717, 1.165) is 10.0 Å². The molecule has 0 saturated carbocycles. The number of carbonyl (C=O) groups excluding carboxylic acids is 1. The Morgan fingerprint density at radius 1 is 1.25 bits per heavy atom. The van der Waals surface area contributed by atoms with Crippen molar-refractivity contribution in [1.29, 1.82) is 0 Å². The van der Waals surface area contributed by atoms with Gasteiger partial charge in [-0.2, -0.15) is 0 Å². The van der Waals surface area contributed by atoms with Crippen LogP contribution in [0, 0.1) is 6.92 Å². The van der Waals surface area contributed by atoms with Crippen LogP contribution in [0.4, 0.5) is 0 Å². The summed E-state index contributed by atoms with van der Waals surface area (Å²) in [5.41, 5.74) is 7.14. The Hall–Kier alpha value is -1.76. The van der Waals surface area contributed by atoms with Crippen molar-refractivity contribution in [1.82, 2.24) is 0 Å². The molecule has 0 saturated heterocycles. The Morgan fingerprint density at radius 3 is 2.67 bits per heavy atom. The second kappa shape index (κ2) is 8.37. The zero-order chi connectivity index (χ0) is 17.7. The maximum atomic E-state index is 11.7. The predicted molar refractivity (Wildman–Crippen MR) is 97.7 cm³/mol. The number of benzene rings is 2. The molecule has 0 atom stereocenters. The highest BCUT2D eigenvalue weighted by molar-refractivity contribution is 9.10. The van der Waals surface area contributed by atoms with E-state index in [1.165, 1.54) is 6.07 Å². The lowest BCUT2D eigenvalue weighted by Gasteiger charge is -2.07. The summed E-state index contributed by atoms with van der Waals surface area (Å²) in [4.78, 5) is 16.4. The summed E-state index contributed by atoms with van der Waals surface area (Å²) in [5.74, 6) is -0.182. The molecule has 0 spiro atoms. The van der Waals surface area contributed by atoms with E-state index >= 15 is 0 Å². The fourth-order valence-corrected chi connectivity index (χ4v) is 2.47. The summed E-state index contributed by atoms with van der Waals surface area (Å²) >= 11 is 15.2. The summed E-state index contributed by atoms with van der Waals surface area (Å²) in [6.45, 7) is 1.61. The average Bonchev–Trinajstić information content (AvgIpc) is 2.53. The van der Waals surface area contributed by atoms with Crippen LogP contribution in [-0.4, -0.2) is 18.4 Å². The SMILES string of the molecule is Cc1cc(OCC(=O)O/N=C(\N)c2ccc(Cl)cc2Cl)ccc1Br. The van der Waals surface area contributed by atoms with E-state index in [9.17, 15) is 4.79 Å². The minimum absolute atomic E-state index is 0.0375. The van der Waals surface area contributed by atoms with Crippen LogP contribution >= 0.6 is 39.1 Å². The van der Waals surface area contributed by atoms with Gasteiger partial charge < -0.3 is 15.3 Å². The molecular weight excluding hydrogens is 419 g/mol. The highest BCUT2D eigenvalue weighted by atomic mass is 79.9. The van der Waals surface area contributed by atoms with Crippen LogP contribution in [0.2, 0.25) is 10.0 Å². The summed E-state index contributed by atoms with van der Waals surface area (Å²) in [5, 5.41) is 4.33. The monoisotopic (exact) mass is 430 g/mol. The van der Waals surface area contributed by atoms with E-state index in [4.69, 9.17) is 38.5 Å². The first-order chi connectivity index (χ1) is 11.4. The van der Waals surface area contributed by atoms with E-state index in [1.54, 1.807) is 24.3 Å². The van der Waals surface area contributed by atoms with Crippen LogP contribution in [0.5, 0.6) is 5.75 Å². The number of oxime groups is 1. The fourth-order valence-electron chi connectivity index (χ4n) is 1.72. The number of amidine groups is 1. The van der Waals surface area contributed by atoms with Crippen molar-refractivity contribution in [3.05, 3.63) is 62.0 Å². The number of hydrogen-bond donors (Lipinski definition) is 1. The number of rotatable bonds is 5. The van der Waals surface area contributed by atoms with E-state index in [0.29, 0.717) is 21.4 Å². The van der Waals surface area contributed by atoms with Crippen LogP contribution in [0.1, 0.15) is 11.1 Å². The molecule has 0 amide bonds. The molecular formula is C16H13BrCl2N2O3. The number of nitrogens with two attached hydrogens (primary N) is 1. The molecule has 2 N–H and O–H groups in total. The van der Waals surface area contributed by atoms with Gasteiger partial charge in [0.25, 0.3) is 0 Å². The molecule has 0 aliphatic rings. The first-order valence-corrected chi connectivity index (χ1v) is 8.29. The van der Waals surface area contributed by atoms with Crippen molar-refractivity contribution < 1.29 is 14.4 Å². The van der Waals surface area contributed by atoms with E-state index in [-0.39, 0.29) is 12.4 Å². The quantitative estimate of drug-likeness (QED) is 0.331. The first kappa shape index (κ1) is 18.6. The van der Waals surface area contributed by atoms with Crippen LogP contribution in [0.15, 0.2) is 46.0 Å². The molecule has 0 aliphatic carbocycles. The lowest BCUT2D eigenvalue weighted by molar-refractivity contribution is -0.146. The number of carbonyl (C=O) groups is 1. The van der Waals surface area contributed by atoms with Gasteiger partial charge in [0.2, 0.25) is 0 Å². The van der Waals surface area contributed by atoms with E-state index in [1.807, 2.05) is 13.0 Å². The van der Waals surface area contributed by atoms with Gasteiger partial charge in [-0.3, -0.25) is 0 Å². The van der Waals surface area contributed by atoms with Crippen molar-refractivity contribution in [2.24, 2.45) is 10.9 Å². The molecule has 0 heterocycles. The van der Waals surface area contributed by atoms with Gasteiger partial charge in [-0.25, -0.2) is 4.79 Å². The molecule has 0 unspecified atom stereocenters. The van der Waals surface area contributed by atoms with Gasteiger partial charge in [-0.15, -0.1) is 0 Å². The maximum Gasteiger partial charge on any atom is 0.372 e.